The van der Waals surface area contributed by atoms with Gasteiger partial charge >= 0.3 is 12.0 Å². The van der Waals surface area contributed by atoms with Gasteiger partial charge in [-0.05, 0) is 6.92 Å². The van der Waals surface area contributed by atoms with E-state index in [9.17, 15) is 14.4 Å². The Bertz CT molecular complexity index is 245. The largest absolute Gasteiger partial charge is 0.465 e. The number of thioether (sulfide) groups is 1. The molecule has 15 heavy (non-hydrogen) atoms. The van der Waals surface area contributed by atoms with Crippen LogP contribution in [0.3, 0.4) is 0 Å². The van der Waals surface area contributed by atoms with Crippen LogP contribution < -0.4 is 10.6 Å². The molecule has 0 saturated heterocycles. The van der Waals surface area contributed by atoms with Crippen molar-refractivity contribution in [3.05, 3.63) is 0 Å². The number of ether oxygens (including phenoxy) is 1. The number of rotatable bonds is 5. The van der Waals surface area contributed by atoms with Crippen molar-refractivity contribution in [1.82, 2.24) is 10.6 Å². The molecule has 86 valence electrons. The summed E-state index contributed by atoms with van der Waals surface area (Å²) in [5.74, 6) is -0.653. The van der Waals surface area contributed by atoms with Crippen LogP contribution in [0.4, 0.5) is 4.79 Å². The molecule has 0 atom stereocenters. The molecule has 3 amide bonds. The third-order valence-corrected chi connectivity index (χ3v) is 2.14. The molecule has 0 aliphatic carbocycles. The van der Waals surface area contributed by atoms with E-state index in [-0.39, 0.29) is 17.5 Å². The van der Waals surface area contributed by atoms with E-state index in [0.717, 1.165) is 11.8 Å². The lowest BCUT2D eigenvalue weighted by atomic mass is 10.7. The number of carbonyl (C=O) groups is 3. The number of hydrogen-bond donors (Lipinski definition) is 2. The lowest BCUT2D eigenvalue weighted by Gasteiger charge is -2.03. The monoisotopic (exact) mass is 234 g/mol. The Labute approximate surface area is 92.1 Å². The van der Waals surface area contributed by atoms with Gasteiger partial charge in [0, 0.05) is 7.05 Å². The normalized spacial score (nSPS) is 9.20. The van der Waals surface area contributed by atoms with Crippen LogP contribution in [-0.2, 0) is 14.3 Å². The first kappa shape index (κ1) is 13.8. The fourth-order valence-electron chi connectivity index (χ4n) is 0.655. The first-order valence-corrected chi connectivity index (χ1v) is 5.50. The lowest BCUT2D eigenvalue weighted by molar-refractivity contribution is -0.139. The van der Waals surface area contributed by atoms with E-state index in [1.54, 1.807) is 6.92 Å². The summed E-state index contributed by atoms with van der Waals surface area (Å²) in [7, 11) is 1.41. The van der Waals surface area contributed by atoms with Crippen molar-refractivity contribution >= 4 is 29.7 Å². The number of imide groups is 1. The summed E-state index contributed by atoms with van der Waals surface area (Å²) in [6, 6.07) is -0.559. The average molecular weight is 234 g/mol. The number of urea groups is 1. The third kappa shape index (κ3) is 7.80. The van der Waals surface area contributed by atoms with Crippen molar-refractivity contribution in [3.63, 3.8) is 0 Å². The minimum atomic E-state index is -0.559. The Morgan fingerprint density at radius 3 is 2.47 bits per heavy atom. The van der Waals surface area contributed by atoms with E-state index in [0.29, 0.717) is 6.61 Å². The van der Waals surface area contributed by atoms with Gasteiger partial charge < -0.3 is 10.1 Å². The summed E-state index contributed by atoms with van der Waals surface area (Å²) in [6.07, 6.45) is 0. The smallest absolute Gasteiger partial charge is 0.321 e. The van der Waals surface area contributed by atoms with Gasteiger partial charge in [0.15, 0.2) is 0 Å². The summed E-state index contributed by atoms with van der Waals surface area (Å²) < 4.78 is 4.66. The second kappa shape index (κ2) is 8.10. The molecule has 0 aromatic rings. The van der Waals surface area contributed by atoms with Crippen LogP contribution in [0.1, 0.15) is 6.92 Å². The Balaban J connectivity index is 3.55. The van der Waals surface area contributed by atoms with Crippen LogP contribution in [0, 0.1) is 0 Å². The molecule has 0 saturated carbocycles. The van der Waals surface area contributed by atoms with Crippen molar-refractivity contribution in [3.8, 4) is 0 Å². The first-order valence-electron chi connectivity index (χ1n) is 4.35. The predicted molar refractivity (Wildman–Crippen MR) is 56.6 cm³/mol. The van der Waals surface area contributed by atoms with Gasteiger partial charge in [-0.25, -0.2) is 4.79 Å². The van der Waals surface area contributed by atoms with Gasteiger partial charge in [-0.15, -0.1) is 11.8 Å². The topological polar surface area (TPSA) is 84.5 Å². The summed E-state index contributed by atoms with van der Waals surface area (Å²) >= 11 is 1.10. The minimum Gasteiger partial charge on any atom is -0.465 e. The van der Waals surface area contributed by atoms with Crippen LogP contribution in [0.2, 0.25) is 0 Å². The molecule has 0 rings (SSSR count). The van der Waals surface area contributed by atoms with E-state index in [2.05, 4.69) is 15.4 Å². The fourth-order valence-corrected chi connectivity index (χ4v) is 1.26. The van der Waals surface area contributed by atoms with E-state index in [1.165, 1.54) is 7.05 Å². The maximum Gasteiger partial charge on any atom is 0.321 e. The Morgan fingerprint density at radius 1 is 1.27 bits per heavy atom. The molecule has 0 unspecified atom stereocenters. The second-order valence-electron chi connectivity index (χ2n) is 2.43. The van der Waals surface area contributed by atoms with Crippen LogP contribution in [-0.4, -0.2) is 43.1 Å². The molecule has 0 bridgehead atoms. The quantitative estimate of drug-likeness (QED) is 0.640. The van der Waals surface area contributed by atoms with Gasteiger partial charge in [0.05, 0.1) is 18.1 Å². The molecule has 7 heteroatoms. The van der Waals surface area contributed by atoms with Crippen LogP contribution in [0.5, 0.6) is 0 Å². The molecular weight excluding hydrogens is 220 g/mol. The summed E-state index contributed by atoms with van der Waals surface area (Å²) in [5.41, 5.74) is 0. The lowest BCUT2D eigenvalue weighted by Crippen LogP contribution is -2.38. The van der Waals surface area contributed by atoms with Gasteiger partial charge in [-0.1, -0.05) is 0 Å². The molecular formula is C8H14N2O4S. The summed E-state index contributed by atoms with van der Waals surface area (Å²) in [6.45, 7) is 2.03. The number of carbonyl (C=O) groups excluding carboxylic acids is 3. The van der Waals surface area contributed by atoms with Gasteiger partial charge in [0.25, 0.3) is 0 Å². The van der Waals surface area contributed by atoms with E-state index >= 15 is 0 Å². The highest BCUT2D eigenvalue weighted by atomic mass is 32.2. The van der Waals surface area contributed by atoms with Crippen molar-refractivity contribution in [2.75, 3.05) is 25.2 Å². The molecule has 0 heterocycles. The molecule has 6 nitrogen and oxygen atoms in total. The zero-order chi connectivity index (χ0) is 11.7. The summed E-state index contributed by atoms with van der Waals surface area (Å²) in [5, 5.41) is 4.32. The molecule has 0 spiro atoms. The molecule has 0 radical (unpaired) electrons. The van der Waals surface area contributed by atoms with Crippen molar-refractivity contribution < 1.29 is 19.1 Å². The maximum atomic E-state index is 11.0. The highest BCUT2D eigenvalue weighted by molar-refractivity contribution is 8.00. The van der Waals surface area contributed by atoms with Crippen molar-refractivity contribution in [2.45, 2.75) is 6.92 Å². The van der Waals surface area contributed by atoms with Crippen LogP contribution in [0.15, 0.2) is 0 Å². The Kier molecular flexibility index (Phi) is 7.43. The zero-order valence-corrected chi connectivity index (χ0v) is 9.48. The zero-order valence-electron chi connectivity index (χ0n) is 8.66. The van der Waals surface area contributed by atoms with Gasteiger partial charge in [-0.3, -0.25) is 14.9 Å². The molecule has 2 N–H and O–H groups in total. The van der Waals surface area contributed by atoms with E-state index in [1.807, 2.05) is 0 Å². The molecule has 0 fully saturated rings. The van der Waals surface area contributed by atoms with Crippen molar-refractivity contribution in [1.29, 1.82) is 0 Å². The van der Waals surface area contributed by atoms with Crippen molar-refractivity contribution in [2.24, 2.45) is 0 Å². The van der Waals surface area contributed by atoms with E-state index < -0.39 is 11.9 Å². The second-order valence-corrected chi connectivity index (χ2v) is 3.41. The highest BCUT2D eigenvalue weighted by Crippen LogP contribution is 1.99. The van der Waals surface area contributed by atoms with Crippen LogP contribution in [0.25, 0.3) is 0 Å². The first-order chi connectivity index (χ1) is 7.10. The van der Waals surface area contributed by atoms with Gasteiger partial charge in [0.2, 0.25) is 5.91 Å². The Hall–Kier alpha value is -1.24. The predicted octanol–water partition coefficient (Wildman–Crippen LogP) is -0.262. The standard InChI is InChI=1S/C8H14N2O4S/c1-3-14-7(12)5-15-4-6(11)10-8(13)9-2/h3-5H2,1-2H3,(H2,9,10,11,13). The van der Waals surface area contributed by atoms with E-state index in [4.69, 9.17) is 0 Å². The molecule has 0 aromatic carbocycles. The number of hydrogen-bond acceptors (Lipinski definition) is 5. The number of amides is 3. The average Bonchev–Trinajstić information content (AvgIpc) is 2.18. The minimum absolute atomic E-state index is 0.0479. The SMILES string of the molecule is CCOC(=O)CSCC(=O)NC(=O)NC. The maximum absolute atomic E-state index is 11.0. The molecule has 0 aliphatic rings. The van der Waals surface area contributed by atoms with Gasteiger partial charge in [-0.2, -0.15) is 0 Å². The third-order valence-electron chi connectivity index (χ3n) is 1.24. The fraction of sp³-hybridized carbons (Fsp3) is 0.625. The van der Waals surface area contributed by atoms with Gasteiger partial charge in [0.1, 0.15) is 0 Å². The van der Waals surface area contributed by atoms with Crippen LogP contribution >= 0.6 is 11.8 Å². The number of nitrogens with one attached hydrogen (secondary N) is 2. The Morgan fingerprint density at radius 2 is 1.93 bits per heavy atom. The summed E-state index contributed by atoms with van der Waals surface area (Å²) in [4.78, 5) is 32.5. The number of esters is 1. The molecule has 0 aliphatic heterocycles. The molecule has 0 aromatic heterocycles. The highest BCUT2D eigenvalue weighted by Gasteiger charge is 2.07.